The van der Waals surface area contributed by atoms with E-state index in [9.17, 15) is 14.9 Å². The first-order valence-corrected chi connectivity index (χ1v) is 11.7. The molecule has 1 amide bonds. The number of carbonyl (C=O) groups is 1. The number of nitrogens with one attached hydrogen (secondary N) is 1. The Labute approximate surface area is 208 Å². The Balaban J connectivity index is 1.47. The molecule has 0 spiro atoms. The van der Waals surface area contributed by atoms with Crippen LogP contribution in [-0.4, -0.2) is 41.9 Å². The summed E-state index contributed by atoms with van der Waals surface area (Å²) in [6, 6.07) is 19.7. The maximum Gasteiger partial charge on any atom is 0.292 e. The maximum atomic E-state index is 12.9. The summed E-state index contributed by atoms with van der Waals surface area (Å²) in [6.45, 7) is 4.24. The van der Waals surface area contributed by atoms with Crippen molar-refractivity contribution in [1.29, 1.82) is 0 Å². The smallest absolute Gasteiger partial charge is 0.292 e. The first-order chi connectivity index (χ1) is 16.3. The first kappa shape index (κ1) is 23.9. The fourth-order valence-corrected chi connectivity index (χ4v) is 4.33. The molecule has 1 aliphatic heterocycles. The fraction of sp³-hybridized carbons (Fsp3) is 0.240. The zero-order valence-electron chi connectivity index (χ0n) is 18.6. The van der Waals surface area contributed by atoms with Crippen LogP contribution < -0.4 is 10.2 Å². The number of halogens is 2. The van der Waals surface area contributed by atoms with Crippen molar-refractivity contribution in [1.82, 2.24) is 4.90 Å². The zero-order valence-corrected chi connectivity index (χ0v) is 20.1. The van der Waals surface area contributed by atoms with E-state index in [1.54, 1.807) is 29.2 Å². The Bertz CT molecular complexity index is 1200. The number of nitro groups is 1. The lowest BCUT2D eigenvalue weighted by molar-refractivity contribution is -0.384. The number of anilines is 2. The minimum atomic E-state index is -0.377. The van der Waals surface area contributed by atoms with E-state index in [4.69, 9.17) is 23.2 Å². The van der Waals surface area contributed by atoms with Gasteiger partial charge in [0.1, 0.15) is 5.69 Å². The third-order valence-corrected chi connectivity index (χ3v) is 6.69. The average molecular weight is 499 g/mol. The van der Waals surface area contributed by atoms with Gasteiger partial charge in [0, 0.05) is 49.5 Å². The number of hydrogen-bond donors (Lipinski definition) is 1. The largest absolute Gasteiger partial charge is 0.373 e. The number of benzene rings is 3. The summed E-state index contributed by atoms with van der Waals surface area (Å²) >= 11 is 12.0. The van der Waals surface area contributed by atoms with E-state index in [2.05, 4.69) is 10.2 Å². The normalized spacial score (nSPS) is 14.6. The van der Waals surface area contributed by atoms with Gasteiger partial charge in [-0.25, -0.2) is 0 Å². The third-order valence-electron chi connectivity index (χ3n) is 5.95. The molecule has 1 saturated heterocycles. The highest BCUT2D eigenvalue weighted by atomic mass is 35.5. The molecule has 0 radical (unpaired) electrons. The van der Waals surface area contributed by atoms with Gasteiger partial charge >= 0.3 is 0 Å². The lowest BCUT2D eigenvalue weighted by Crippen LogP contribution is -2.48. The molecule has 9 heteroatoms. The van der Waals surface area contributed by atoms with Gasteiger partial charge < -0.3 is 15.1 Å². The molecule has 176 valence electrons. The summed E-state index contributed by atoms with van der Waals surface area (Å²) < 4.78 is 0. The second-order valence-electron chi connectivity index (χ2n) is 8.14. The number of nitro benzene ring substituents is 1. The highest BCUT2D eigenvalue weighted by molar-refractivity contribution is 6.42. The molecule has 3 aromatic carbocycles. The van der Waals surface area contributed by atoms with Gasteiger partial charge in [-0.3, -0.25) is 14.9 Å². The van der Waals surface area contributed by atoms with Gasteiger partial charge in [-0.2, -0.15) is 0 Å². The van der Waals surface area contributed by atoms with Crippen LogP contribution in [0.25, 0.3) is 0 Å². The Hall–Kier alpha value is -3.29. The maximum absolute atomic E-state index is 12.9. The van der Waals surface area contributed by atoms with Gasteiger partial charge in [0.15, 0.2) is 0 Å². The van der Waals surface area contributed by atoms with Gasteiger partial charge in [0.25, 0.3) is 11.6 Å². The van der Waals surface area contributed by atoms with Gasteiger partial charge in [-0.05, 0) is 42.8 Å². The van der Waals surface area contributed by atoms with E-state index in [0.717, 1.165) is 11.3 Å². The second-order valence-corrected chi connectivity index (χ2v) is 8.96. The van der Waals surface area contributed by atoms with Crippen LogP contribution in [0.15, 0.2) is 66.7 Å². The van der Waals surface area contributed by atoms with Gasteiger partial charge in [0.2, 0.25) is 0 Å². The number of carbonyl (C=O) groups excluding carboxylic acids is 1. The predicted molar refractivity (Wildman–Crippen MR) is 136 cm³/mol. The molecule has 4 rings (SSSR count). The molecule has 0 saturated carbocycles. The number of hydrogen-bond acceptors (Lipinski definition) is 5. The Kier molecular flexibility index (Phi) is 7.24. The molecule has 1 fully saturated rings. The molecule has 0 aromatic heterocycles. The predicted octanol–water partition coefficient (Wildman–Crippen LogP) is 6.04. The molecule has 1 heterocycles. The Morgan fingerprint density at radius 1 is 0.971 bits per heavy atom. The van der Waals surface area contributed by atoms with E-state index in [1.807, 2.05) is 43.3 Å². The average Bonchev–Trinajstić information content (AvgIpc) is 2.85. The van der Waals surface area contributed by atoms with E-state index < -0.39 is 0 Å². The molecule has 1 aliphatic rings. The van der Waals surface area contributed by atoms with Crippen LogP contribution in [-0.2, 0) is 0 Å². The molecule has 34 heavy (non-hydrogen) atoms. The fourth-order valence-electron chi connectivity index (χ4n) is 4.03. The molecule has 0 aliphatic carbocycles. The minimum absolute atomic E-state index is 0.0277. The van der Waals surface area contributed by atoms with E-state index in [-0.39, 0.29) is 22.6 Å². The molecule has 0 unspecified atom stereocenters. The van der Waals surface area contributed by atoms with Crippen LogP contribution in [0, 0.1) is 10.1 Å². The van der Waals surface area contributed by atoms with Crippen molar-refractivity contribution in [3.05, 3.63) is 98.0 Å². The number of piperazine rings is 1. The van der Waals surface area contributed by atoms with Crippen LogP contribution in [0.3, 0.4) is 0 Å². The van der Waals surface area contributed by atoms with Crippen molar-refractivity contribution in [3.63, 3.8) is 0 Å². The lowest BCUT2D eigenvalue weighted by Gasteiger charge is -2.36. The SMILES string of the molecule is C[C@H](Nc1cc(N2CCN(C(=O)c3ccc(Cl)c(Cl)c3)CC2)ccc1[N+](=O)[O-])c1ccccc1. The van der Waals surface area contributed by atoms with Crippen molar-refractivity contribution in [2.45, 2.75) is 13.0 Å². The first-order valence-electron chi connectivity index (χ1n) is 10.9. The number of rotatable bonds is 6. The van der Waals surface area contributed by atoms with Gasteiger partial charge in [-0.15, -0.1) is 0 Å². The van der Waals surface area contributed by atoms with Gasteiger partial charge in [0.05, 0.1) is 15.0 Å². The zero-order chi connectivity index (χ0) is 24.2. The minimum Gasteiger partial charge on any atom is -0.373 e. The summed E-state index contributed by atoms with van der Waals surface area (Å²) in [7, 11) is 0. The van der Waals surface area contributed by atoms with Crippen LogP contribution >= 0.6 is 23.2 Å². The van der Waals surface area contributed by atoms with Crippen LogP contribution in [0.2, 0.25) is 10.0 Å². The van der Waals surface area contributed by atoms with Crippen molar-refractivity contribution in [2.24, 2.45) is 0 Å². The third kappa shape index (κ3) is 5.26. The molecule has 1 N–H and O–H groups in total. The monoisotopic (exact) mass is 498 g/mol. The lowest BCUT2D eigenvalue weighted by atomic mass is 10.1. The van der Waals surface area contributed by atoms with Crippen molar-refractivity contribution in [3.8, 4) is 0 Å². The molecule has 0 bridgehead atoms. The Morgan fingerprint density at radius 3 is 2.32 bits per heavy atom. The second kappa shape index (κ2) is 10.3. The topological polar surface area (TPSA) is 78.7 Å². The van der Waals surface area contributed by atoms with Crippen LogP contribution in [0.4, 0.5) is 17.1 Å². The van der Waals surface area contributed by atoms with Crippen molar-refractivity contribution < 1.29 is 9.72 Å². The standard InChI is InChI=1S/C25H24Cl2N4O3/c1-17(18-5-3-2-4-6-18)28-23-16-20(8-10-24(23)31(33)34)29-11-13-30(14-12-29)25(32)19-7-9-21(26)22(27)15-19/h2-10,15-17,28H,11-14H2,1H3/t17-/m0/s1. The van der Waals surface area contributed by atoms with Crippen LogP contribution in [0.1, 0.15) is 28.9 Å². The number of amides is 1. The molecule has 3 aromatic rings. The van der Waals surface area contributed by atoms with E-state index >= 15 is 0 Å². The number of nitrogens with zero attached hydrogens (tertiary/aromatic N) is 3. The molecule has 1 atom stereocenters. The summed E-state index contributed by atoms with van der Waals surface area (Å²) in [6.07, 6.45) is 0. The summed E-state index contributed by atoms with van der Waals surface area (Å²) in [5.74, 6) is -0.0963. The van der Waals surface area contributed by atoms with Crippen LogP contribution in [0.5, 0.6) is 0 Å². The highest BCUT2D eigenvalue weighted by Crippen LogP contribution is 2.33. The molecular weight excluding hydrogens is 475 g/mol. The molecular formula is C25H24Cl2N4O3. The Morgan fingerprint density at radius 2 is 1.68 bits per heavy atom. The van der Waals surface area contributed by atoms with E-state index in [1.165, 1.54) is 6.07 Å². The molecule has 7 nitrogen and oxygen atoms in total. The summed E-state index contributed by atoms with van der Waals surface area (Å²) in [5, 5.41) is 15.7. The summed E-state index contributed by atoms with van der Waals surface area (Å²) in [5.41, 5.74) is 2.90. The quantitative estimate of drug-likeness (QED) is 0.331. The van der Waals surface area contributed by atoms with Gasteiger partial charge in [-0.1, -0.05) is 53.5 Å². The van der Waals surface area contributed by atoms with Crippen molar-refractivity contribution >= 4 is 46.2 Å². The highest BCUT2D eigenvalue weighted by Gasteiger charge is 2.24. The summed E-state index contributed by atoms with van der Waals surface area (Å²) in [4.78, 5) is 28.0. The van der Waals surface area contributed by atoms with Crippen molar-refractivity contribution in [2.75, 3.05) is 36.4 Å². The van der Waals surface area contributed by atoms with E-state index in [0.29, 0.717) is 47.5 Å².